The molecule has 1 aromatic heterocycles. The molecule has 0 radical (unpaired) electrons. The molecule has 1 fully saturated rings. The Hall–Kier alpha value is -0.800. The molecule has 0 spiro atoms. The van der Waals surface area contributed by atoms with Crippen LogP contribution in [0.5, 0.6) is 0 Å². The second-order valence-electron chi connectivity index (χ2n) is 4.81. The molecule has 90 valence electrons. The van der Waals surface area contributed by atoms with E-state index in [-0.39, 0.29) is 0 Å². The van der Waals surface area contributed by atoms with Crippen molar-refractivity contribution in [2.45, 2.75) is 38.1 Å². The van der Waals surface area contributed by atoms with Crippen LogP contribution in [-0.2, 0) is 6.42 Å². The summed E-state index contributed by atoms with van der Waals surface area (Å²) in [6, 6.07) is 4.43. The van der Waals surface area contributed by atoms with Crippen molar-refractivity contribution in [2.24, 2.45) is 11.7 Å². The van der Waals surface area contributed by atoms with Crippen molar-refractivity contribution >= 4 is 0 Å². The number of furan rings is 1. The highest BCUT2D eigenvalue weighted by atomic mass is 16.3. The molecule has 0 saturated heterocycles. The van der Waals surface area contributed by atoms with Crippen molar-refractivity contribution in [3.63, 3.8) is 0 Å². The van der Waals surface area contributed by atoms with Crippen LogP contribution < -0.4 is 11.1 Å². The van der Waals surface area contributed by atoms with Gasteiger partial charge in [-0.25, -0.2) is 0 Å². The molecule has 0 unspecified atom stereocenters. The van der Waals surface area contributed by atoms with Gasteiger partial charge in [0.2, 0.25) is 0 Å². The van der Waals surface area contributed by atoms with Gasteiger partial charge in [0.1, 0.15) is 5.76 Å². The molecule has 1 aliphatic rings. The van der Waals surface area contributed by atoms with Gasteiger partial charge in [0, 0.05) is 19.0 Å². The van der Waals surface area contributed by atoms with Gasteiger partial charge in [0.15, 0.2) is 0 Å². The van der Waals surface area contributed by atoms with Crippen LogP contribution in [0.2, 0.25) is 0 Å². The van der Waals surface area contributed by atoms with Crippen LogP contribution in [0, 0.1) is 5.92 Å². The van der Waals surface area contributed by atoms with Crippen molar-refractivity contribution in [1.29, 1.82) is 0 Å². The third kappa shape index (κ3) is 3.65. The first-order valence-electron chi connectivity index (χ1n) is 6.33. The zero-order valence-electron chi connectivity index (χ0n) is 9.82. The Kier molecular flexibility index (Phi) is 4.43. The number of nitrogens with two attached hydrogens (primary N) is 1. The third-order valence-electron chi connectivity index (χ3n) is 3.45. The van der Waals surface area contributed by atoms with Crippen molar-refractivity contribution in [1.82, 2.24) is 5.32 Å². The molecule has 1 aliphatic carbocycles. The molecule has 2 rings (SSSR count). The normalized spacial score (nSPS) is 25.8. The van der Waals surface area contributed by atoms with E-state index in [4.69, 9.17) is 10.2 Å². The fourth-order valence-corrected chi connectivity index (χ4v) is 2.36. The molecule has 1 aromatic rings. The number of hydrogen-bond donors (Lipinski definition) is 2. The largest absolute Gasteiger partial charge is 0.469 e. The molecule has 0 amide bonds. The maximum atomic E-state index is 5.88. The average molecular weight is 222 g/mol. The summed E-state index contributed by atoms with van der Waals surface area (Å²) in [5.41, 5.74) is 5.88. The highest BCUT2D eigenvalue weighted by Crippen LogP contribution is 2.22. The zero-order valence-corrected chi connectivity index (χ0v) is 9.82. The second-order valence-corrected chi connectivity index (χ2v) is 4.81. The lowest BCUT2D eigenvalue weighted by Gasteiger charge is -2.26. The van der Waals surface area contributed by atoms with Gasteiger partial charge in [-0.05, 0) is 50.3 Å². The van der Waals surface area contributed by atoms with E-state index >= 15 is 0 Å². The van der Waals surface area contributed by atoms with E-state index in [1.165, 1.54) is 25.7 Å². The minimum atomic E-state index is 0.458. The van der Waals surface area contributed by atoms with Gasteiger partial charge in [-0.2, -0.15) is 0 Å². The number of hydrogen-bond acceptors (Lipinski definition) is 3. The van der Waals surface area contributed by atoms with E-state index < -0.39 is 0 Å². The number of nitrogens with one attached hydrogen (secondary N) is 1. The van der Waals surface area contributed by atoms with Crippen molar-refractivity contribution < 1.29 is 4.42 Å². The first-order valence-corrected chi connectivity index (χ1v) is 6.33. The Morgan fingerprint density at radius 2 is 2.12 bits per heavy atom. The summed E-state index contributed by atoms with van der Waals surface area (Å²) >= 11 is 0. The van der Waals surface area contributed by atoms with Crippen LogP contribution in [-0.4, -0.2) is 19.1 Å². The monoisotopic (exact) mass is 222 g/mol. The molecule has 3 N–H and O–H groups in total. The molecule has 1 saturated carbocycles. The SMILES string of the molecule is NC1CCC(CNCCc2ccco2)CC1. The lowest BCUT2D eigenvalue weighted by atomic mass is 9.86. The Balaban J connectivity index is 1.55. The predicted octanol–water partition coefficient (Wildman–Crippen LogP) is 1.93. The lowest BCUT2D eigenvalue weighted by molar-refractivity contribution is 0.314. The summed E-state index contributed by atoms with van der Waals surface area (Å²) in [5.74, 6) is 1.90. The Morgan fingerprint density at radius 3 is 2.81 bits per heavy atom. The molecule has 3 heteroatoms. The first-order chi connectivity index (χ1) is 7.84. The minimum Gasteiger partial charge on any atom is -0.469 e. The summed E-state index contributed by atoms with van der Waals surface area (Å²) in [6.45, 7) is 2.14. The van der Waals surface area contributed by atoms with Gasteiger partial charge in [-0.1, -0.05) is 0 Å². The van der Waals surface area contributed by atoms with Crippen LogP contribution in [0.4, 0.5) is 0 Å². The van der Waals surface area contributed by atoms with Crippen LogP contribution >= 0.6 is 0 Å². The van der Waals surface area contributed by atoms with Crippen LogP contribution in [0.25, 0.3) is 0 Å². The molecular weight excluding hydrogens is 200 g/mol. The van der Waals surface area contributed by atoms with Crippen molar-refractivity contribution in [2.75, 3.05) is 13.1 Å². The average Bonchev–Trinajstić information content (AvgIpc) is 2.80. The topological polar surface area (TPSA) is 51.2 Å². The summed E-state index contributed by atoms with van der Waals surface area (Å²) in [6.07, 6.45) is 7.69. The Labute approximate surface area is 97.4 Å². The maximum absolute atomic E-state index is 5.88. The van der Waals surface area contributed by atoms with Gasteiger partial charge in [-0.3, -0.25) is 0 Å². The van der Waals surface area contributed by atoms with Crippen LogP contribution in [0.1, 0.15) is 31.4 Å². The summed E-state index contributed by atoms with van der Waals surface area (Å²) in [7, 11) is 0. The smallest absolute Gasteiger partial charge is 0.105 e. The zero-order chi connectivity index (χ0) is 11.2. The molecule has 3 nitrogen and oxygen atoms in total. The number of rotatable bonds is 5. The fraction of sp³-hybridized carbons (Fsp3) is 0.692. The van der Waals surface area contributed by atoms with E-state index in [9.17, 15) is 0 Å². The van der Waals surface area contributed by atoms with Crippen LogP contribution in [0.15, 0.2) is 22.8 Å². The van der Waals surface area contributed by atoms with Gasteiger partial charge in [-0.15, -0.1) is 0 Å². The highest BCUT2D eigenvalue weighted by Gasteiger charge is 2.17. The van der Waals surface area contributed by atoms with Crippen molar-refractivity contribution in [3.05, 3.63) is 24.2 Å². The van der Waals surface area contributed by atoms with Gasteiger partial charge >= 0.3 is 0 Å². The molecule has 0 atom stereocenters. The molecule has 1 heterocycles. The Bertz CT molecular complexity index is 276. The quantitative estimate of drug-likeness (QED) is 0.748. The molecule has 0 aromatic carbocycles. The molecular formula is C13H22N2O. The van der Waals surface area contributed by atoms with E-state index in [1.807, 2.05) is 12.1 Å². The van der Waals surface area contributed by atoms with E-state index in [0.717, 1.165) is 31.2 Å². The summed E-state index contributed by atoms with van der Waals surface area (Å²) < 4.78 is 5.28. The summed E-state index contributed by atoms with van der Waals surface area (Å²) in [4.78, 5) is 0. The van der Waals surface area contributed by atoms with E-state index in [2.05, 4.69) is 5.32 Å². The van der Waals surface area contributed by atoms with Crippen LogP contribution in [0.3, 0.4) is 0 Å². The molecule has 0 bridgehead atoms. The second kappa shape index (κ2) is 6.06. The highest BCUT2D eigenvalue weighted by molar-refractivity contribution is 4.98. The maximum Gasteiger partial charge on any atom is 0.105 e. The van der Waals surface area contributed by atoms with Gasteiger partial charge in [0.25, 0.3) is 0 Å². The predicted molar refractivity (Wildman–Crippen MR) is 65.2 cm³/mol. The van der Waals surface area contributed by atoms with E-state index in [0.29, 0.717) is 6.04 Å². The fourth-order valence-electron chi connectivity index (χ4n) is 2.36. The standard InChI is InChI=1S/C13H22N2O/c14-12-5-3-11(4-6-12)10-15-8-7-13-2-1-9-16-13/h1-2,9,11-12,15H,3-8,10,14H2. The third-order valence-corrected chi connectivity index (χ3v) is 3.45. The minimum absolute atomic E-state index is 0.458. The van der Waals surface area contributed by atoms with Gasteiger partial charge < -0.3 is 15.5 Å². The van der Waals surface area contributed by atoms with Gasteiger partial charge in [0.05, 0.1) is 6.26 Å². The van der Waals surface area contributed by atoms with Crippen molar-refractivity contribution in [3.8, 4) is 0 Å². The molecule has 16 heavy (non-hydrogen) atoms. The summed E-state index contributed by atoms with van der Waals surface area (Å²) in [5, 5.41) is 3.51. The lowest BCUT2D eigenvalue weighted by Crippen LogP contribution is -2.32. The Morgan fingerprint density at radius 1 is 1.31 bits per heavy atom. The molecule has 0 aliphatic heterocycles. The first kappa shape index (κ1) is 11.7. The van der Waals surface area contributed by atoms with E-state index in [1.54, 1.807) is 6.26 Å².